The molecule has 0 bridgehead atoms. The average Bonchev–Trinajstić information content (AvgIpc) is 3.45. The quantitative estimate of drug-likeness (QED) is 0.362. The van der Waals surface area contributed by atoms with Crippen LogP contribution in [0.3, 0.4) is 0 Å². The van der Waals surface area contributed by atoms with E-state index in [4.69, 9.17) is 15.9 Å². The Balaban J connectivity index is 1.52. The van der Waals surface area contributed by atoms with Crippen molar-refractivity contribution in [2.45, 2.75) is 32.0 Å². The summed E-state index contributed by atoms with van der Waals surface area (Å²) in [4.78, 5) is 4.43. The van der Waals surface area contributed by atoms with Crippen molar-refractivity contribution in [2.24, 2.45) is 5.73 Å². The smallest absolute Gasteiger partial charge is 0.416 e. The van der Waals surface area contributed by atoms with Crippen molar-refractivity contribution in [1.82, 2.24) is 24.8 Å². The van der Waals surface area contributed by atoms with E-state index in [1.165, 1.54) is 16.8 Å². The number of hydrogen-bond donors (Lipinski definition) is 2. The third-order valence-electron chi connectivity index (χ3n) is 5.89. The summed E-state index contributed by atoms with van der Waals surface area (Å²) in [6.07, 6.45) is -2.56. The number of hydrogen-bond acceptors (Lipinski definition) is 7. The highest BCUT2D eigenvalue weighted by atomic mass is 19.4. The standard InChI is InChI=1S/C25H22F3N7O/c1-14-19(16-9-6-10-17(11-16)25(26,27)28)21-31-13-18(20(29)35(21)34-14)22-32-33-23(36-22)24(2,30)12-15-7-4-3-5-8-15/h3-11,13H,12,29-30H2,1-2H3/t24-/m1/s1. The Bertz CT molecular complexity index is 1560. The van der Waals surface area contributed by atoms with E-state index in [0.717, 1.165) is 17.7 Å². The fourth-order valence-corrected chi connectivity index (χ4v) is 4.12. The minimum Gasteiger partial charge on any atom is -0.418 e. The maximum atomic E-state index is 13.2. The Morgan fingerprint density at radius 2 is 1.78 bits per heavy atom. The molecule has 0 fully saturated rings. The molecular weight excluding hydrogens is 471 g/mol. The number of nitrogens with zero attached hydrogens (tertiary/aromatic N) is 5. The molecule has 0 aliphatic rings. The first-order valence-corrected chi connectivity index (χ1v) is 11.0. The molecule has 0 radical (unpaired) electrons. The fraction of sp³-hybridized carbons (Fsp3) is 0.200. The summed E-state index contributed by atoms with van der Waals surface area (Å²) >= 11 is 0. The monoisotopic (exact) mass is 493 g/mol. The zero-order chi connectivity index (χ0) is 25.7. The van der Waals surface area contributed by atoms with E-state index in [2.05, 4.69) is 20.3 Å². The summed E-state index contributed by atoms with van der Waals surface area (Å²) in [6, 6.07) is 14.7. The van der Waals surface area contributed by atoms with Gasteiger partial charge in [-0.25, -0.2) is 4.98 Å². The fourth-order valence-electron chi connectivity index (χ4n) is 4.12. The maximum absolute atomic E-state index is 13.2. The molecule has 1 atom stereocenters. The molecule has 11 heteroatoms. The van der Waals surface area contributed by atoms with Gasteiger partial charge in [0.15, 0.2) is 5.65 Å². The number of nitrogen functional groups attached to an aromatic ring is 1. The lowest BCUT2D eigenvalue weighted by Crippen LogP contribution is -2.35. The minimum absolute atomic E-state index is 0.107. The number of aryl methyl sites for hydroxylation is 1. The summed E-state index contributed by atoms with van der Waals surface area (Å²) in [5, 5.41) is 12.6. The molecule has 0 amide bonds. The molecule has 2 aromatic carbocycles. The number of aromatic nitrogens is 5. The number of nitrogens with two attached hydrogens (primary N) is 2. The molecule has 0 unspecified atom stereocenters. The van der Waals surface area contributed by atoms with Crippen LogP contribution in [0.4, 0.5) is 19.0 Å². The molecule has 0 saturated heterocycles. The van der Waals surface area contributed by atoms with Crippen LogP contribution in [-0.4, -0.2) is 24.8 Å². The van der Waals surface area contributed by atoms with Crippen LogP contribution in [0.2, 0.25) is 0 Å². The van der Waals surface area contributed by atoms with Crippen molar-refractivity contribution >= 4 is 11.5 Å². The van der Waals surface area contributed by atoms with E-state index >= 15 is 0 Å². The Kier molecular flexibility index (Phi) is 5.51. The largest absolute Gasteiger partial charge is 0.418 e. The van der Waals surface area contributed by atoms with Gasteiger partial charge in [0.25, 0.3) is 5.89 Å². The molecule has 0 aliphatic carbocycles. The average molecular weight is 493 g/mol. The number of halogens is 3. The van der Waals surface area contributed by atoms with Gasteiger partial charge in [-0.05, 0) is 43.5 Å². The highest BCUT2D eigenvalue weighted by Crippen LogP contribution is 2.36. The van der Waals surface area contributed by atoms with Gasteiger partial charge in [-0.15, -0.1) is 10.2 Å². The number of benzene rings is 2. The molecule has 184 valence electrons. The molecule has 5 rings (SSSR count). The second-order valence-corrected chi connectivity index (χ2v) is 8.82. The number of anilines is 1. The van der Waals surface area contributed by atoms with E-state index in [9.17, 15) is 13.2 Å². The van der Waals surface area contributed by atoms with E-state index in [1.807, 2.05) is 30.3 Å². The van der Waals surface area contributed by atoms with Gasteiger partial charge in [0, 0.05) is 11.8 Å². The zero-order valence-corrected chi connectivity index (χ0v) is 19.4. The Labute approximate surface area is 203 Å². The molecule has 36 heavy (non-hydrogen) atoms. The third kappa shape index (κ3) is 4.17. The Hall–Kier alpha value is -4.25. The molecule has 0 spiro atoms. The van der Waals surface area contributed by atoms with Crippen LogP contribution in [0.15, 0.2) is 65.2 Å². The predicted octanol–water partition coefficient (Wildman–Crippen LogP) is 4.77. The normalized spacial score (nSPS) is 13.7. The van der Waals surface area contributed by atoms with E-state index < -0.39 is 17.3 Å². The van der Waals surface area contributed by atoms with Crippen molar-refractivity contribution in [1.29, 1.82) is 0 Å². The molecule has 0 aliphatic heterocycles. The van der Waals surface area contributed by atoms with Crippen molar-refractivity contribution in [3.8, 4) is 22.6 Å². The van der Waals surface area contributed by atoms with Gasteiger partial charge in [0.1, 0.15) is 5.82 Å². The lowest BCUT2D eigenvalue weighted by atomic mass is 9.94. The van der Waals surface area contributed by atoms with Crippen LogP contribution in [0, 0.1) is 6.92 Å². The first-order chi connectivity index (χ1) is 17.0. The van der Waals surface area contributed by atoms with E-state index in [0.29, 0.717) is 34.5 Å². The highest BCUT2D eigenvalue weighted by molar-refractivity contribution is 5.83. The van der Waals surface area contributed by atoms with Crippen LogP contribution < -0.4 is 11.5 Å². The van der Waals surface area contributed by atoms with Crippen molar-refractivity contribution < 1.29 is 17.6 Å². The van der Waals surface area contributed by atoms with Crippen molar-refractivity contribution in [3.05, 3.63) is 83.5 Å². The highest BCUT2D eigenvalue weighted by Gasteiger charge is 2.32. The van der Waals surface area contributed by atoms with Crippen LogP contribution in [0.5, 0.6) is 0 Å². The first-order valence-electron chi connectivity index (χ1n) is 11.0. The van der Waals surface area contributed by atoms with Gasteiger partial charge in [0.2, 0.25) is 5.89 Å². The zero-order valence-electron chi connectivity index (χ0n) is 19.4. The van der Waals surface area contributed by atoms with Crippen LogP contribution in [0.1, 0.15) is 29.6 Å². The van der Waals surface area contributed by atoms with E-state index in [-0.39, 0.29) is 17.6 Å². The minimum atomic E-state index is -4.47. The SMILES string of the molecule is Cc1nn2c(N)c(-c3nnc([C@](C)(N)Cc4ccccc4)o3)cnc2c1-c1cccc(C(F)(F)F)c1. The van der Waals surface area contributed by atoms with Crippen LogP contribution >= 0.6 is 0 Å². The lowest BCUT2D eigenvalue weighted by molar-refractivity contribution is -0.137. The van der Waals surface area contributed by atoms with Gasteiger partial charge in [-0.1, -0.05) is 42.5 Å². The van der Waals surface area contributed by atoms with Gasteiger partial charge in [-0.2, -0.15) is 22.8 Å². The van der Waals surface area contributed by atoms with Gasteiger partial charge >= 0.3 is 6.18 Å². The summed E-state index contributed by atoms with van der Waals surface area (Å²) in [7, 11) is 0. The predicted molar refractivity (Wildman–Crippen MR) is 128 cm³/mol. The van der Waals surface area contributed by atoms with Gasteiger partial charge < -0.3 is 15.9 Å². The molecular formula is C25H22F3N7O. The Morgan fingerprint density at radius 1 is 1.03 bits per heavy atom. The second-order valence-electron chi connectivity index (χ2n) is 8.82. The van der Waals surface area contributed by atoms with E-state index in [1.54, 1.807) is 19.9 Å². The topological polar surface area (TPSA) is 121 Å². The summed E-state index contributed by atoms with van der Waals surface area (Å²) in [5.41, 5.74) is 14.1. The summed E-state index contributed by atoms with van der Waals surface area (Å²) < 4.78 is 47.0. The second kappa shape index (κ2) is 8.45. The lowest BCUT2D eigenvalue weighted by Gasteiger charge is -2.20. The summed E-state index contributed by atoms with van der Waals surface area (Å²) in [6.45, 7) is 3.47. The molecule has 0 saturated carbocycles. The van der Waals surface area contributed by atoms with Crippen molar-refractivity contribution in [2.75, 3.05) is 5.73 Å². The number of alkyl halides is 3. The first kappa shape index (κ1) is 23.5. The van der Waals surface area contributed by atoms with Gasteiger partial charge in [-0.3, -0.25) is 0 Å². The third-order valence-corrected chi connectivity index (χ3v) is 5.89. The molecule has 5 aromatic rings. The number of fused-ring (bicyclic) bond motifs is 1. The molecule has 4 N–H and O–H groups in total. The summed E-state index contributed by atoms with van der Waals surface area (Å²) in [5.74, 6) is 0.482. The van der Waals surface area contributed by atoms with Crippen molar-refractivity contribution in [3.63, 3.8) is 0 Å². The molecule has 3 heterocycles. The molecule has 8 nitrogen and oxygen atoms in total. The molecule has 3 aromatic heterocycles. The van der Waals surface area contributed by atoms with Crippen LogP contribution in [-0.2, 0) is 18.1 Å². The van der Waals surface area contributed by atoms with Crippen LogP contribution in [0.25, 0.3) is 28.2 Å². The Morgan fingerprint density at radius 3 is 2.50 bits per heavy atom. The maximum Gasteiger partial charge on any atom is 0.416 e. The van der Waals surface area contributed by atoms with Gasteiger partial charge in [0.05, 0.1) is 22.4 Å². The number of rotatable bonds is 5.